The van der Waals surface area contributed by atoms with E-state index in [4.69, 9.17) is 9.47 Å². The molecule has 1 saturated heterocycles. The molecule has 1 heterocycles. The van der Waals surface area contributed by atoms with Gasteiger partial charge in [0.25, 0.3) is 0 Å². The van der Waals surface area contributed by atoms with E-state index in [0.717, 1.165) is 36.6 Å². The summed E-state index contributed by atoms with van der Waals surface area (Å²) in [5.41, 5.74) is 2.26. The summed E-state index contributed by atoms with van der Waals surface area (Å²) in [6, 6.07) is 16.1. The minimum absolute atomic E-state index is 0.00130. The molecule has 0 aromatic heterocycles. The van der Waals surface area contributed by atoms with Crippen molar-refractivity contribution >= 4 is 11.6 Å². The Hall–Kier alpha value is -2.69. The first-order valence-corrected chi connectivity index (χ1v) is 8.98. The normalized spacial score (nSPS) is 17.7. The molecule has 0 aliphatic carbocycles. The molecule has 1 aliphatic rings. The Morgan fingerprint density at radius 3 is 2.38 bits per heavy atom. The van der Waals surface area contributed by atoms with E-state index in [1.807, 2.05) is 43.3 Å². The lowest BCUT2D eigenvalue weighted by atomic mass is 10.1. The zero-order valence-corrected chi connectivity index (χ0v) is 15.6. The summed E-state index contributed by atoms with van der Waals surface area (Å²) in [6.45, 7) is 5.36. The standard InChI is InChI=1S/C21H26N2O3/c1-15(22-16(2)24)17-4-8-20(9-5-17)26-21-12-13-23(14-21)18-6-10-19(25-3)11-7-18/h4-11,15,21H,12-14H2,1-3H3,(H,22,24)/t15-,21?/m0/s1. The summed E-state index contributed by atoms with van der Waals surface area (Å²) in [6.07, 6.45) is 1.17. The van der Waals surface area contributed by atoms with Crippen LogP contribution in [-0.4, -0.2) is 32.2 Å². The number of hydrogen-bond donors (Lipinski definition) is 1. The number of amides is 1. The highest BCUT2D eigenvalue weighted by Gasteiger charge is 2.24. The molecule has 3 rings (SSSR count). The van der Waals surface area contributed by atoms with E-state index in [-0.39, 0.29) is 18.1 Å². The topological polar surface area (TPSA) is 50.8 Å². The third-order valence-electron chi connectivity index (χ3n) is 4.69. The van der Waals surface area contributed by atoms with Gasteiger partial charge in [-0.15, -0.1) is 0 Å². The molecule has 1 fully saturated rings. The molecule has 0 spiro atoms. The molecule has 1 N–H and O–H groups in total. The molecule has 138 valence electrons. The smallest absolute Gasteiger partial charge is 0.217 e. The van der Waals surface area contributed by atoms with Crippen LogP contribution in [-0.2, 0) is 4.79 Å². The molecule has 0 radical (unpaired) electrons. The van der Waals surface area contributed by atoms with Crippen LogP contribution in [0.3, 0.4) is 0 Å². The predicted molar refractivity (Wildman–Crippen MR) is 103 cm³/mol. The highest BCUT2D eigenvalue weighted by atomic mass is 16.5. The van der Waals surface area contributed by atoms with Crippen LogP contribution in [0, 0.1) is 0 Å². The number of ether oxygens (including phenoxy) is 2. The van der Waals surface area contributed by atoms with E-state index < -0.39 is 0 Å². The Morgan fingerprint density at radius 1 is 1.12 bits per heavy atom. The van der Waals surface area contributed by atoms with Gasteiger partial charge >= 0.3 is 0 Å². The quantitative estimate of drug-likeness (QED) is 0.862. The summed E-state index contributed by atoms with van der Waals surface area (Å²) in [7, 11) is 1.68. The van der Waals surface area contributed by atoms with Crippen LogP contribution < -0.4 is 19.7 Å². The fraction of sp³-hybridized carbons (Fsp3) is 0.381. The van der Waals surface area contributed by atoms with Gasteiger partial charge in [-0.25, -0.2) is 0 Å². The SMILES string of the molecule is COc1ccc(N2CCC(Oc3ccc([C@H](C)NC(C)=O)cc3)C2)cc1. The van der Waals surface area contributed by atoms with Crippen LogP contribution in [0.25, 0.3) is 0 Å². The van der Waals surface area contributed by atoms with Crippen LogP contribution >= 0.6 is 0 Å². The van der Waals surface area contributed by atoms with Crippen LogP contribution in [0.2, 0.25) is 0 Å². The molecule has 1 aliphatic heterocycles. The van der Waals surface area contributed by atoms with E-state index in [9.17, 15) is 4.79 Å². The molecule has 1 amide bonds. The summed E-state index contributed by atoms with van der Waals surface area (Å²) >= 11 is 0. The Balaban J connectivity index is 1.55. The van der Waals surface area contributed by atoms with Crippen molar-refractivity contribution in [2.75, 3.05) is 25.1 Å². The molecule has 0 saturated carbocycles. The predicted octanol–water partition coefficient (Wildman–Crippen LogP) is 3.55. The van der Waals surface area contributed by atoms with Crippen molar-refractivity contribution in [3.63, 3.8) is 0 Å². The average molecular weight is 354 g/mol. The van der Waals surface area contributed by atoms with Gasteiger partial charge in [-0.2, -0.15) is 0 Å². The van der Waals surface area contributed by atoms with Crippen molar-refractivity contribution in [3.05, 3.63) is 54.1 Å². The fourth-order valence-electron chi connectivity index (χ4n) is 3.27. The van der Waals surface area contributed by atoms with E-state index >= 15 is 0 Å². The number of methoxy groups -OCH3 is 1. The van der Waals surface area contributed by atoms with Crippen LogP contribution in [0.1, 0.15) is 31.9 Å². The highest BCUT2D eigenvalue weighted by molar-refractivity contribution is 5.73. The monoisotopic (exact) mass is 354 g/mol. The first-order chi connectivity index (χ1) is 12.5. The fourth-order valence-corrected chi connectivity index (χ4v) is 3.27. The third-order valence-corrected chi connectivity index (χ3v) is 4.69. The number of benzene rings is 2. The van der Waals surface area contributed by atoms with E-state index in [1.54, 1.807) is 7.11 Å². The molecule has 2 atom stereocenters. The van der Waals surface area contributed by atoms with E-state index in [0.29, 0.717) is 0 Å². The Kier molecular flexibility index (Phi) is 5.66. The zero-order chi connectivity index (χ0) is 18.5. The van der Waals surface area contributed by atoms with Crippen molar-refractivity contribution in [2.24, 2.45) is 0 Å². The van der Waals surface area contributed by atoms with Gasteiger partial charge in [-0.3, -0.25) is 4.79 Å². The zero-order valence-electron chi connectivity index (χ0n) is 15.6. The van der Waals surface area contributed by atoms with Gasteiger partial charge in [-0.05, 0) is 48.9 Å². The lowest BCUT2D eigenvalue weighted by Gasteiger charge is -2.19. The van der Waals surface area contributed by atoms with Crippen molar-refractivity contribution in [2.45, 2.75) is 32.4 Å². The molecular weight excluding hydrogens is 328 g/mol. The molecule has 1 unspecified atom stereocenters. The molecule has 0 bridgehead atoms. The maximum atomic E-state index is 11.2. The minimum Gasteiger partial charge on any atom is -0.497 e. The number of hydrogen-bond acceptors (Lipinski definition) is 4. The molecule has 5 heteroatoms. The molecule has 5 nitrogen and oxygen atoms in total. The van der Waals surface area contributed by atoms with Gasteiger partial charge in [0.05, 0.1) is 19.7 Å². The van der Waals surface area contributed by atoms with Crippen LogP contribution in [0.5, 0.6) is 11.5 Å². The second kappa shape index (κ2) is 8.13. The summed E-state index contributed by atoms with van der Waals surface area (Å²) in [5, 5.41) is 2.89. The second-order valence-corrected chi connectivity index (χ2v) is 6.66. The van der Waals surface area contributed by atoms with E-state index in [1.165, 1.54) is 12.6 Å². The van der Waals surface area contributed by atoms with Gasteiger partial charge in [0, 0.05) is 25.6 Å². The van der Waals surface area contributed by atoms with Gasteiger partial charge < -0.3 is 19.7 Å². The lowest BCUT2D eigenvalue weighted by molar-refractivity contribution is -0.119. The molecule has 2 aromatic carbocycles. The number of rotatable bonds is 6. The number of nitrogens with zero attached hydrogens (tertiary/aromatic N) is 1. The molecule has 2 aromatic rings. The Labute approximate surface area is 154 Å². The maximum Gasteiger partial charge on any atom is 0.217 e. The number of nitrogens with one attached hydrogen (secondary N) is 1. The van der Waals surface area contributed by atoms with Crippen LogP contribution in [0.15, 0.2) is 48.5 Å². The second-order valence-electron chi connectivity index (χ2n) is 6.66. The molecular formula is C21H26N2O3. The lowest BCUT2D eigenvalue weighted by Crippen LogP contribution is -2.24. The summed E-state index contributed by atoms with van der Waals surface area (Å²) in [4.78, 5) is 13.5. The van der Waals surface area contributed by atoms with Gasteiger partial charge in [0.15, 0.2) is 0 Å². The minimum atomic E-state index is -0.0256. The highest BCUT2D eigenvalue weighted by Crippen LogP contribution is 2.26. The summed E-state index contributed by atoms with van der Waals surface area (Å²) < 4.78 is 11.3. The molecule has 26 heavy (non-hydrogen) atoms. The number of carbonyl (C=O) groups excluding carboxylic acids is 1. The average Bonchev–Trinajstić information content (AvgIpc) is 3.10. The van der Waals surface area contributed by atoms with Gasteiger partial charge in [0.1, 0.15) is 17.6 Å². The third kappa shape index (κ3) is 4.48. The largest absolute Gasteiger partial charge is 0.497 e. The van der Waals surface area contributed by atoms with Crippen LogP contribution in [0.4, 0.5) is 5.69 Å². The van der Waals surface area contributed by atoms with Crippen molar-refractivity contribution < 1.29 is 14.3 Å². The number of carbonyl (C=O) groups is 1. The maximum absolute atomic E-state index is 11.2. The van der Waals surface area contributed by atoms with E-state index in [2.05, 4.69) is 22.3 Å². The van der Waals surface area contributed by atoms with Crippen molar-refractivity contribution in [1.82, 2.24) is 5.32 Å². The van der Waals surface area contributed by atoms with Gasteiger partial charge in [-0.1, -0.05) is 12.1 Å². The van der Waals surface area contributed by atoms with Crippen molar-refractivity contribution in [1.29, 1.82) is 0 Å². The van der Waals surface area contributed by atoms with Gasteiger partial charge in [0.2, 0.25) is 5.91 Å². The number of anilines is 1. The Morgan fingerprint density at radius 2 is 1.77 bits per heavy atom. The van der Waals surface area contributed by atoms with Crippen molar-refractivity contribution in [3.8, 4) is 11.5 Å². The first kappa shape index (κ1) is 18.1. The first-order valence-electron chi connectivity index (χ1n) is 8.98. The summed E-state index contributed by atoms with van der Waals surface area (Å²) in [5.74, 6) is 1.71. The Bertz CT molecular complexity index is 728.